The van der Waals surface area contributed by atoms with Gasteiger partial charge in [-0.15, -0.1) is 0 Å². The van der Waals surface area contributed by atoms with Gasteiger partial charge in [0.25, 0.3) is 5.91 Å². The third kappa shape index (κ3) is 6.99. The van der Waals surface area contributed by atoms with Crippen LogP contribution in [-0.2, 0) is 27.8 Å². The number of rotatable bonds is 11. The Hall–Kier alpha value is -3.76. The summed E-state index contributed by atoms with van der Waals surface area (Å²) in [6, 6.07) is 14.8. The summed E-state index contributed by atoms with van der Waals surface area (Å²) in [6.07, 6.45) is 3.65. The van der Waals surface area contributed by atoms with E-state index in [2.05, 4.69) is 20.9 Å². The van der Waals surface area contributed by atoms with Crippen LogP contribution in [0.3, 0.4) is 0 Å². The van der Waals surface area contributed by atoms with Crippen LogP contribution in [0.4, 0.5) is 4.39 Å². The van der Waals surface area contributed by atoms with Gasteiger partial charge in [-0.1, -0.05) is 43.2 Å². The van der Waals surface area contributed by atoms with E-state index in [9.17, 15) is 18.8 Å². The predicted molar refractivity (Wildman–Crippen MR) is 159 cm³/mol. The monoisotopic (exact) mass is 577 g/mol. The minimum atomic E-state index is -1.13. The van der Waals surface area contributed by atoms with Crippen LogP contribution in [0.1, 0.15) is 48.2 Å². The van der Waals surface area contributed by atoms with E-state index in [0.717, 1.165) is 63.2 Å². The van der Waals surface area contributed by atoms with Crippen molar-refractivity contribution in [3.05, 3.63) is 71.7 Å². The van der Waals surface area contributed by atoms with Gasteiger partial charge in [-0.2, -0.15) is 0 Å². The van der Waals surface area contributed by atoms with Crippen molar-refractivity contribution in [2.45, 2.75) is 50.1 Å². The van der Waals surface area contributed by atoms with Gasteiger partial charge in [0.05, 0.1) is 13.2 Å². The molecule has 3 amide bonds. The van der Waals surface area contributed by atoms with Gasteiger partial charge in [0.15, 0.2) is 0 Å². The van der Waals surface area contributed by atoms with Crippen molar-refractivity contribution in [3.8, 4) is 0 Å². The number of morpholine rings is 1. The molecular formula is C32H40FN5O4. The zero-order chi connectivity index (χ0) is 29.5. The first-order chi connectivity index (χ1) is 20.3. The number of aromatic nitrogens is 1. The quantitative estimate of drug-likeness (QED) is 0.304. The predicted octanol–water partition coefficient (Wildman–Crippen LogP) is 2.93. The number of benzene rings is 2. The number of amides is 3. The van der Waals surface area contributed by atoms with E-state index in [1.54, 1.807) is 23.7 Å². The van der Waals surface area contributed by atoms with Crippen molar-refractivity contribution in [1.82, 2.24) is 25.4 Å². The van der Waals surface area contributed by atoms with Gasteiger partial charge in [-0.25, -0.2) is 4.39 Å². The molecule has 2 aliphatic rings. The first-order valence-corrected chi connectivity index (χ1v) is 14.8. The molecule has 9 nitrogen and oxygen atoms in total. The molecule has 2 heterocycles. The minimum absolute atomic E-state index is 0.246. The number of hydrogen-bond donors (Lipinski definition) is 3. The number of ether oxygens (including phenoxy) is 1. The molecule has 1 aliphatic carbocycles. The third-order valence-corrected chi connectivity index (χ3v) is 8.44. The molecule has 0 radical (unpaired) electrons. The topological polar surface area (TPSA) is 105 Å². The highest BCUT2D eigenvalue weighted by atomic mass is 19.1. The summed E-state index contributed by atoms with van der Waals surface area (Å²) < 4.78 is 20.9. The maximum Gasteiger partial charge on any atom is 0.268 e. The number of carbonyl (C=O) groups excluding carboxylic acids is 3. The molecule has 1 aliphatic heterocycles. The Bertz CT molecular complexity index is 1400. The molecule has 1 aromatic heterocycles. The lowest BCUT2D eigenvalue weighted by Crippen LogP contribution is -2.61. The number of carbonyl (C=O) groups is 3. The molecule has 1 saturated heterocycles. The fourth-order valence-electron chi connectivity index (χ4n) is 6.02. The van der Waals surface area contributed by atoms with Gasteiger partial charge in [-0.05, 0) is 55.6 Å². The summed E-state index contributed by atoms with van der Waals surface area (Å²) in [7, 11) is 1.75. The van der Waals surface area contributed by atoms with Gasteiger partial charge in [-0.3, -0.25) is 19.3 Å². The zero-order valence-corrected chi connectivity index (χ0v) is 24.2. The minimum Gasteiger partial charge on any atom is -0.379 e. The average molecular weight is 578 g/mol. The first-order valence-electron chi connectivity index (χ1n) is 14.8. The lowest BCUT2D eigenvalue weighted by molar-refractivity contribution is -0.132. The van der Waals surface area contributed by atoms with E-state index in [1.807, 2.05) is 30.3 Å². The summed E-state index contributed by atoms with van der Waals surface area (Å²) in [4.78, 5) is 43.1. The van der Waals surface area contributed by atoms with Crippen molar-refractivity contribution < 1.29 is 23.5 Å². The lowest BCUT2D eigenvalue weighted by Gasteiger charge is -2.31. The molecule has 2 fully saturated rings. The highest BCUT2D eigenvalue weighted by molar-refractivity contribution is 6.02. The van der Waals surface area contributed by atoms with E-state index < -0.39 is 17.5 Å². The Kier molecular flexibility index (Phi) is 9.54. The highest BCUT2D eigenvalue weighted by Gasteiger charge is 2.44. The van der Waals surface area contributed by atoms with Crippen LogP contribution in [0.2, 0.25) is 0 Å². The summed E-state index contributed by atoms with van der Waals surface area (Å²) in [5.41, 5.74) is 0.858. The largest absolute Gasteiger partial charge is 0.379 e. The summed E-state index contributed by atoms with van der Waals surface area (Å²) in [6.45, 7) is 4.62. The first kappa shape index (κ1) is 29.7. The maximum atomic E-state index is 13.9. The molecule has 0 unspecified atom stereocenters. The van der Waals surface area contributed by atoms with Gasteiger partial charge in [0.2, 0.25) is 11.8 Å². The molecule has 3 N–H and O–H groups in total. The second-order valence-corrected chi connectivity index (χ2v) is 11.3. The van der Waals surface area contributed by atoms with Crippen molar-refractivity contribution in [2.24, 2.45) is 7.05 Å². The van der Waals surface area contributed by atoms with E-state index in [0.29, 0.717) is 36.9 Å². The van der Waals surface area contributed by atoms with E-state index >= 15 is 0 Å². The van der Waals surface area contributed by atoms with Gasteiger partial charge in [0.1, 0.15) is 23.1 Å². The van der Waals surface area contributed by atoms with Gasteiger partial charge < -0.3 is 25.3 Å². The van der Waals surface area contributed by atoms with Gasteiger partial charge >= 0.3 is 0 Å². The van der Waals surface area contributed by atoms with Crippen LogP contribution >= 0.6 is 0 Å². The number of halogens is 1. The maximum absolute atomic E-state index is 13.9. The van der Waals surface area contributed by atoms with Crippen molar-refractivity contribution >= 4 is 28.6 Å². The molecule has 10 heteroatoms. The van der Waals surface area contributed by atoms with Gasteiger partial charge in [0, 0.05) is 44.0 Å². The average Bonchev–Trinajstić information content (AvgIpc) is 3.60. The Morgan fingerprint density at radius 2 is 1.76 bits per heavy atom. The number of nitrogens with zero attached hydrogens (tertiary/aromatic N) is 2. The number of fused-ring (bicyclic) bond motifs is 1. The summed E-state index contributed by atoms with van der Waals surface area (Å²) in [5.74, 6) is -1.39. The van der Waals surface area contributed by atoms with Crippen LogP contribution in [0.5, 0.6) is 0 Å². The van der Waals surface area contributed by atoms with Crippen molar-refractivity contribution in [1.29, 1.82) is 0 Å². The fraction of sp³-hybridized carbons (Fsp3) is 0.469. The molecule has 224 valence electrons. The van der Waals surface area contributed by atoms with Crippen LogP contribution < -0.4 is 16.0 Å². The van der Waals surface area contributed by atoms with Crippen molar-refractivity contribution in [2.75, 3.05) is 39.4 Å². The van der Waals surface area contributed by atoms with Crippen LogP contribution in [-0.4, -0.2) is 78.2 Å². The number of aryl methyl sites for hydroxylation is 1. The number of nitrogens with one attached hydrogen (secondary N) is 3. The highest BCUT2D eigenvalue weighted by Crippen LogP contribution is 2.31. The molecule has 42 heavy (non-hydrogen) atoms. The smallest absolute Gasteiger partial charge is 0.268 e. The normalized spacial score (nSPS) is 17.6. The van der Waals surface area contributed by atoms with Crippen LogP contribution in [0, 0.1) is 5.82 Å². The summed E-state index contributed by atoms with van der Waals surface area (Å²) in [5, 5.41) is 9.63. The Labute approximate surface area is 245 Å². The fourth-order valence-corrected chi connectivity index (χ4v) is 6.02. The Balaban J connectivity index is 1.27. The molecule has 1 atom stereocenters. The molecule has 5 rings (SSSR count). The Morgan fingerprint density at radius 1 is 1.02 bits per heavy atom. The van der Waals surface area contributed by atoms with E-state index in [4.69, 9.17) is 4.74 Å². The standard InChI is InChI=1S/C32H40FN5O4/c1-37-27-11-10-25(33)21-24(27)22-28(37)30(40)36-32(12-5-6-13-32)31(41)35-26(20-23-8-3-2-4-9-23)29(39)34-14-7-15-38-16-18-42-19-17-38/h2-4,8-11,21-22,26H,5-7,12-20H2,1H3,(H,34,39)(H,35,41)(H,36,40)/t26-/m1/s1. The Morgan fingerprint density at radius 3 is 2.50 bits per heavy atom. The molecule has 1 saturated carbocycles. The second kappa shape index (κ2) is 13.5. The SMILES string of the molecule is Cn1c(C(=O)NC2(C(=O)N[C@H](Cc3ccccc3)C(=O)NCCCN3CCOCC3)CCCC2)cc2cc(F)ccc21. The second-order valence-electron chi connectivity index (χ2n) is 11.3. The van der Waals surface area contributed by atoms with Crippen LogP contribution in [0.15, 0.2) is 54.6 Å². The zero-order valence-electron chi connectivity index (χ0n) is 24.2. The lowest BCUT2D eigenvalue weighted by atomic mass is 9.94. The molecule has 2 aromatic carbocycles. The van der Waals surface area contributed by atoms with E-state index in [-0.39, 0.29) is 17.6 Å². The summed E-state index contributed by atoms with van der Waals surface area (Å²) >= 11 is 0. The third-order valence-electron chi connectivity index (χ3n) is 8.44. The van der Waals surface area contributed by atoms with Crippen molar-refractivity contribution in [3.63, 3.8) is 0 Å². The molecule has 0 bridgehead atoms. The van der Waals surface area contributed by atoms with Crippen LogP contribution in [0.25, 0.3) is 10.9 Å². The molecule has 0 spiro atoms. The number of hydrogen-bond acceptors (Lipinski definition) is 5. The van der Waals surface area contributed by atoms with E-state index in [1.165, 1.54) is 12.1 Å². The molecular weight excluding hydrogens is 537 g/mol. The molecule has 3 aromatic rings.